The lowest BCUT2D eigenvalue weighted by molar-refractivity contribution is 0.588. The summed E-state index contributed by atoms with van der Waals surface area (Å²) >= 11 is 0. The Bertz CT molecular complexity index is 1240. The zero-order valence-corrected chi connectivity index (χ0v) is 17.3. The van der Waals surface area contributed by atoms with Crippen LogP contribution in [-0.2, 0) is 10.0 Å². The number of imidazole rings is 1. The molecule has 1 aromatic heterocycles. The summed E-state index contributed by atoms with van der Waals surface area (Å²) in [4.78, 5) is 6.36. The number of nitrogens with zero attached hydrogens (tertiary/aromatic N) is 5. The van der Waals surface area contributed by atoms with Crippen molar-refractivity contribution in [1.29, 1.82) is 5.26 Å². The molecule has 0 atom stereocenters. The number of para-hydroxylation sites is 1. The molecule has 0 saturated heterocycles. The molecule has 0 amide bonds. The van der Waals surface area contributed by atoms with Crippen molar-refractivity contribution in [3.8, 4) is 11.8 Å². The van der Waals surface area contributed by atoms with Gasteiger partial charge < -0.3 is 9.47 Å². The molecule has 148 valence electrons. The van der Waals surface area contributed by atoms with Crippen LogP contribution >= 0.6 is 0 Å². The van der Waals surface area contributed by atoms with E-state index in [1.54, 1.807) is 42.2 Å². The van der Waals surface area contributed by atoms with Gasteiger partial charge in [0, 0.05) is 25.5 Å². The molecule has 1 aliphatic heterocycles. The van der Waals surface area contributed by atoms with E-state index in [1.807, 2.05) is 38.2 Å². The van der Waals surface area contributed by atoms with E-state index < -0.39 is 10.0 Å². The first-order chi connectivity index (χ1) is 13.8. The molecule has 0 saturated carbocycles. The maximum absolute atomic E-state index is 13.6. The fraction of sp³-hybridized carbons (Fsp3) is 0.238. The topological polar surface area (TPSA) is 82.2 Å². The summed E-state index contributed by atoms with van der Waals surface area (Å²) < 4.78 is 30.4. The van der Waals surface area contributed by atoms with Gasteiger partial charge in [-0.05, 0) is 49.2 Å². The molecule has 8 heteroatoms. The minimum atomic E-state index is -3.72. The average Bonchev–Trinajstić information content (AvgIpc) is 3.18. The second-order valence-electron chi connectivity index (χ2n) is 7.17. The van der Waals surface area contributed by atoms with Crippen molar-refractivity contribution in [1.82, 2.24) is 9.55 Å². The van der Waals surface area contributed by atoms with E-state index in [0.29, 0.717) is 24.3 Å². The number of anilines is 2. The number of hydrogen-bond acceptors (Lipinski definition) is 5. The Morgan fingerprint density at radius 3 is 2.59 bits per heavy atom. The molecule has 2 aromatic carbocycles. The van der Waals surface area contributed by atoms with Crippen molar-refractivity contribution in [2.75, 3.05) is 29.3 Å². The van der Waals surface area contributed by atoms with Gasteiger partial charge in [-0.2, -0.15) is 5.26 Å². The summed E-state index contributed by atoms with van der Waals surface area (Å²) in [5.41, 5.74) is 4.28. The molecule has 0 radical (unpaired) electrons. The predicted molar refractivity (Wildman–Crippen MR) is 112 cm³/mol. The zero-order chi connectivity index (χ0) is 20.8. The van der Waals surface area contributed by atoms with Crippen molar-refractivity contribution in [2.45, 2.75) is 18.7 Å². The van der Waals surface area contributed by atoms with Crippen LogP contribution in [-0.4, -0.2) is 38.1 Å². The summed E-state index contributed by atoms with van der Waals surface area (Å²) in [5, 5.41) is 8.95. The number of rotatable bonds is 3. The smallest absolute Gasteiger partial charge is 0.264 e. The molecule has 29 heavy (non-hydrogen) atoms. The van der Waals surface area contributed by atoms with E-state index in [0.717, 1.165) is 22.6 Å². The molecule has 0 N–H and O–H groups in total. The Morgan fingerprint density at radius 2 is 1.90 bits per heavy atom. The Balaban J connectivity index is 1.77. The lowest BCUT2D eigenvalue weighted by Gasteiger charge is -2.37. The van der Waals surface area contributed by atoms with Gasteiger partial charge in [0.1, 0.15) is 12.4 Å². The number of likely N-dealkylation sites (N-methyl/N-ethyl adjacent to an activating group) is 1. The van der Waals surface area contributed by atoms with E-state index in [-0.39, 0.29) is 4.90 Å². The summed E-state index contributed by atoms with van der Waals surface area (Å²) in [6.45, 7) is 4.74. The van der Waals surface area contributed by atoms with Crippen LogP contribution in [0.4, 0.5) is 11.4 Å². The Morgan fingerprint density at radius 1 is 1.10 bits per heavy atom. The third-order valence-electron chi connectivity index (χ3n) is 5.24. The lowest BCUT2D eigenvalue weighted by Crippen LogP contribution is -2.43. The van der Waals surface area contributed by atoms with Crippen molar-refractivity contribution >= 4 is 21.4 Å². The SMILES string of the molecule is Cc1cc(-n2cnc(C#N)c2)ccc1S(=O)(=O)N1CCN(C)c2cccc(C)c21. The van der Waals surface area contributed by atoms with Crippen LogP contribution in [0.3, 0.4) is 0 Å². The minimum absolute atomic E-state index is 0.278. The summed E-state index contributed by atoms with van der Waals surface area (Å²) in [7, 11) is -1.75. The number of hydrogen-bond donors (Lipinski definition) is 0. The van der Waals surface area contributed by atoms with Crippen molar-refractivity contribution in [3.63, 3.8) is 0 Å². The monoisotopic (exact) mass is 407 g/mol. The molecule has 1 aliphatic rings. The van der Waals surface area contributed by atoms with Gasteiger partial charge in [-0.3, -0.25) is 4.31 Å². The standard InChI is InChI=1S/C21H21N5O2S/c1-15-5-4-6-19-21(15)26(10-9-24(19)3)29(27,28)20-8-7-18(11-16(20)2)25-13-17(12-22)23-14-25/h4-8,11,13-14H,9-10H2,1-3H3. The molecule has 2 heterocycles. The quantitative estimate of drug-likeness (QED) is 0.667. The lowest BCUT2D eigenvalue weighted by atomic mass is 10.1. The van der Waals surface area contributed by atoms with E-state index in [9.17, 15) is 8.42 Å². The average molecular weight is 407 g/mol. The molecule has 4 rings (SSSR count). The summed E-state index contributed by atoms with van der Waals surface area (Å²) in [6.07, 6.45) is 3.16. The summed E-state index contributed by atoms with van der Waals surface area (Å²) in [5.74, 6) is 0. The number of nitriles is 1. The van der Waals surface area contributed by atoms with Gasteiger partial charge in [0.25, 0.3) is 10.0 Å². The van der Waals surface area contributed by atoms with Crippen LogP contribution in [0.1, 0.15) is 16.8 Å². The van der Waals surface area contributed by atoms with Crippen LogP contribution in [0.2, 0.25) is 0 Å². The third kappa shape index (κ3) is 3.13. The van der Waals surface area contributed by atoms with E-state index in [1.165, 1.54) is 4.31 Å². The zero-order valence-electron chi connectivity index (χ0n) is 16.5. The van der Waals surface area contributed by atoms with Gasteiger partial charge in [0.15, 0.2) is 5.69 Å². The highest BCUT2D eigenvalue weighted by Gasteiger charge is 2.33. The maximum Gasteiger partial charge on any atom is 0.264 e. The number of fused-ring (bicyclic) bond motifs is 1. The van der Waals surface area contributed by atoms with Crippen LogP contribution in [0.15, 0.2) is 53.8 Å². The van der Waals surface area contributed by atoms with Crippen LogP contribution in [0.25, 0.3) is 5.69 Å². The molecule has 0 bridgehead atoms. The minimum Gasteiger partial charge on any atom is -0.371 e. The molecule has 7 nitrogen and oxygen atoms in total. The molecule has 0 fully saturated rings. The van der Waals surface area contributed by atoms with Gasteiger partial charge in [0.05, 0.1) is 22.8 Å². The first kappa shape index (κ1) is 19.0. The van der Waals surface area contributed by atoms with Crippen molar-refractivity contribution in [2.24, 2.45) is 0 Å². The van der Waals surface area contributed by atoms with Crippen molar-refractivity contribution < 1.29 is 8.42 Å². The van der Waals surface area contributed by atoms with E-state index in [4.69, 9.17) is 5.26 Å². The van der Waals surface area contributed by atoms with E-state index >= 15 is 0 Å². The van der Waals surface area contributed by atoms with Crippen LogP contribution in [0.5, 0.6) is 0 Å². The highest BCUT2D eigenvalue weighted by Crippen LogP contribution is 2.38. The predicted octanol–water partition coefficient (Wildman–Crippen LogP) is 3.01. The molecular weight excluding hydrogens is 386 g/mol. The highest BCUT2D eigenvalue weighted by molar-refractivity contribution is 7.93. The number of sulfonamides is 1. The third-order valence-corrected chi connectivity index (χ3v) is 7.20. The van der Waals surface area contributed by atoms with Gasteiger partial charge >= 0.3 is 0 Å². The number of aromatic nitrogens is 2. The Kier molecular flexibility index (Phi) is 4.55. The van der Waals surface area contributed by atoms with Gasteiger partial charge in [-0.1, -0.05) is 12.1 Å². The second-order valence-corrected chi connectivity index (χ2v) is 9.00. The molecule has 0 spiro atoms. The normalized spacial score (nSPS) is 13.9. The molecule has 0 unspecified atom stereocenters. The highest BCUT2D eigenvalue weighted by atomic mass is 32.2. The fourth-order valence-electron chi connectivity index (χ4n) is 3.71. The largest absolute Gasteiger partial charge is 0.371 e. The Labute approximate surface area is 170 Å². The molecule has 0 aliphatic carbocycles. The van der Waals surface area contributed by atoms with Gasteiger partial charge in [-0.15, -0.1) is 0 Å². The van der Waals surface area contributed by atoms with Crippen molar-refractivity contribution in [3.05, 3.63) is 65.7 Å². The van der Waals surface area contributed by atoms with Gasteiger partial charge in [0.2, 0.25) is 0 Å². The molecular formula is C21H21N5O2S. The number of aryl methyl sites for hydroxylation is 2. The summed E-state index contributed by atoms with van der Waals surface area (Å²) in [6, 6.07) is 13.0. The second kappa shape index (κ2) is 6.94. The maximum atomic E-state index is 13.6. The first-order valence-electron chi connectivity index (χ1n) is 9.21. The fourth-order valence-corrected chi connectivity index (χ4v) is 5.46. The van der Waals surface area contributed by atoms with Crippen LogP contribution in [0, 0.1) is 25.2 Å². The number of benzene rings is 2. The Hall–Kier alpha value is -3.31. The van der Waals surface area contributed by atoms with E-state index in [2.05, 4.69) is 9.88 Å². The van der Waals surface area contributed by atoms with Gasteiger partial charge in [-0.25, -0.2) is 13.4 Å². The van der Waals surface area contributed by atoms with Crippen LogP contribution < -0.4 is 9.21 Å². The molecule has 3 aromatic rings. The first-order valence-corrected chi connectivity index (χ1v) is 10.7.